The first kappa shape index (κ1) is 23.2. The number of phenols is 2. The normalized spacial score (nSPS) is 15.9. The van der Waals surface area contributed by atoms with Gasteiger partial charge in [-0.3, -0.25) is 4.79 Å². The lowest BCUT2D eigenvalue weighted by atomic mass is 9.85. The van der Waals surface area contributed by atoms with Crippen molar-refractivity contribution in [1.82, 2.24) is 5.32 Å². The van der Waals surface area contributed by atoms with Crippen molar-refractivity contribution in [3.63, 3.8) is 0 Å². The average Bonchev–Trinajstić information content (AvgIpc) is 2.83. The number of amides is 1. The molecule has 1 saturated carbocycles. The van der Waals surface area contributed by atoms with Crippen molar-refractivity contribution in [3.8, 4) is 11.5 Å². The minimum absolute atomic E-state index is 0.00544. The van der Waals surface area contributed by atoms with Crippen LogP contribution >= 0.6 is 0 Å². The first-order chi connectivity index (χ1) is 16.1. The Labute approximate surface area is 196 Å². The highest BCUT2D eigenvalue weighted by Crippen LogP contribution is 2.35. The van der Waals surface area contributed by atoms with Crippen molar-refractivity contribution in [3.05, 3.63) is 71.3 Å². The summed E-state index contributed by atoms with van der Waals surface area (Å²) in [6.45, 7) is 0.472. The van der Waals surface area contributed by atoms with Gasteiger partial charge in [-0.1, -0.05) is 81.3 Å². The van der Waals surface area contributed by atoms with E-state index in [0.717, 1.165) is 34.7 Å². The number of benzene rings is 3. The SMILES string of the molecule is O=C(NCCc1ccc(O)c(C2CCCCCCCCC2)c1)c1cc2ccccc2cc1O. The topological polar surface area (TPSA) is 69.6 Å². The summed E-state index contributed by atoms with van der Waals surface area (Å²) >= 11 is 0. The van der Waals surface area contributed by atoms with E-state index < -0.39 is 0 Å². The van der Waals surface area contributed by atoms with Crippen LogP contribution in [0.15, 0.2) is 54.6 Å². The molecule has 1 amide bonds. The molecule has 0 heterocycles. The Bertz CT molecular complexity index is 1080. The summed E-state index contributed by atoms with van der Waals surface area (Å²) in [5.74, 6) is 0.525. The van der Waals surface area contributed by atoms with Crippen LogP contribution in [0.5, 0.6) is 11.5 Å². The Balaban J connectivity index is 1.39. The minimum Gasteiger partial charge on any atom is -0.508 e. The number of fused-ring (bicyclic) bond motifs is 1. The summed E-state index contributed by atoms with van der Waals surface area (Å²) in [4.78, 5) is 12.7. The van der Waals surface area contributed by atoms with E-state index in [2.05, 4.69) is 11.4 Å². The summed E-state index contributed by atoms with van der Waals surface area (Å²) in [7, 11) is 0. The van der Waals surface area contributed by atoms with E-state index in [-0.39, 0.29) is 11.7 Å². The molecule has 0 aromatic heterocycles. The van der Waals surface area contributed by atoms with Gasteiger partial charge in [0.05, 0.1) is 5.56 Å². The van der Waals surface area contributed by atoms with Gasteiger partial charge in [0.2, 0.25) is 0 Å². The van der Waals surface area contributed by atoms with Crippen LogP contribution in [0.3, 0.4) is 0 Å². The van der Waals surface area contributed by atoms with Crippen molar-refractivity contribution in [2.24, 2.45) is 0 Å². The second-order valence-electron chi connectivity index (χ2n) is 9.36. The van der Waals surface area contributed by atoms with Gasteiger partial charge in [0.15, 0.2) is 0 Å². The number of carbonyl (C=O) groups is 1. The van der Waals surface area contributed by atoms with Crippen molar-refractivity contribution in [2.75, 3.05) is 6.54 Å². The highest BCUT2D eigenvalue weighted by atomic mass is 16.3. The molecule has 0 atom stereocenters. The molecule has 0 radical (unpaired) electrons. The first-order valence-corrected chi connectivity index (χ1v) is 12.4. The maximum atomic E-state index is 12.7. The van der Waals surface area contributed by atoms with E-state index in [1.165, 1.54) is 44.9 Å². The second-order valence-corrected chi connectivity index (χ2v) is 9.36. The molecule has 1 fully saturated rings. The number of hydrogen-bond acceptors (Lipinski definition) is 3. The van der Waals surface area contributed by atoms with Gasteiger partial charge in [0.25, 0.3) is 5.91 Å². The van der Waals surface area contributed by atoms with E-state index in [1.54, 1.807) is 18.2 Å². The second kappa shape index (κ2) is 11.2. The van der Waals surface area contributed by atoms with Gasteiger partial charge in [0.1, 0.15) is 11.5 Å². The lowest BCUT2D eigenvalue weighted by molar-refractivity contribution is 0.0951. The quantitative estimate of drug-likeness (QED) is 0.403. The molecule has 3 aromatic carbocycles. The molecule has 174 valence electrons. The molecule has 3 aromatic rings. The Hall–Kier alpha value is -3.01. The molecule has 3 N–H and O–H groups in total. The minimum atomic E-state index is -0.274. The van der Waals surface area contributed by atoms with Crippen molar-refractivity contribution >= 4 is 16.7 Å². The Morgan fingerprint density at radius 3 is 2.12 bits per heavy atom. The van der Waals surface area contributed by atoms with Gasteiger partial charge < -0.3 is 15.5 Å². The van der Waals surface area contributed by atoms with Crippen LogP contribution < -0.4 is 5.32 Å². The van der Waals surface area contributed by atoms with Gasteiger partial charge >= 0.3 is 0 Å². The fraction of sp³-hybridized carbons (Fsp3) is 0.414. The van der Waals surface area contributed by atoms with E-state index in [4.69, 9.17) is 0 Å². The van der Waals surface area contributed by atoms with Crippen LogP contribution in [0.1, 0.15) is 85.2 Å². The summed E-state index contributed by atoms with van der Waals surface area (Å²) in [6.07, 6.45) is 12.0. The molecule has 0 spiro atoms. The van der Waals surface area contributed by atoms with Crippen LogP contribution in [0.25, 0.3) is 10.8 Å². The number of carbonyl (C=O) groups excluding carboxylic acids is 1. The van der Waals surface area contributed by atoms with Crippen LogP contribution in [-0.2, 0) is 6.42 Å². The van der Waals surface area contributed by atoms with Gasteiger partial charge in [-0.25, -0.2) is 0 Å². The fourth-order valence-electron chi connectivity index (χ4n) is 5.03. The van der Waals surface area contributed by atoms with E-state index >= 15 is 0 Å². The van der Waals surface area contributed by atoms with Crippen molar-refractivity contribution in [2.45, 2.75) is 70.1 Å². The molecule has 0 bridgehead atoms. The summed E-state index contributed by atoms with van der Waals surface area (Å²) in [5.41, 5.74) is 2.47. The predicted octanol–water partition coefficient (Wildman–Crippen LogP) is 6.83. The van der Waals surface area contributed by atoms with Gasteiger partial charge in [-0.05, 0) is 65.3 Å². The molecule has 1 aliphatic carbocycles. The van der Waals surface area contributed by atoms with Gasteiger partial charge in [0, 0.05) is 6.54 Å². The van der Waals surface area contributed by atoms with Crippen LogP contribution in [0, 0.1) is 0 Å². The molecule has 0 saturated heterocycles. The average molecular weight is 446 g/mol. The maximum Gasteiger partial charge on any atom is 0.255 e. The monoisotopic (exact) mass is 445 g/mol. The summed E-state index contributed by atoms with van der Waals surface area (Å²) < 4.78 is 0. The largest absolute Gasteiger partial charge is 0.508 e. The van der Waals surface area contributed by atoms with Crippen LogP contribution in [0.4, 0.5) is 0 Å². The Morgan fingerprint density at radius 2 is 1.42 bits per heavy atom. The molecule has 4 heteroatoms. The molecule has 0 aliphatic heterocycles. The standard InChI is InChI=1S/C29H35NO3/c31-27-15-14-21(18-25(27)22-10-6-4-2-1-3-5-7-11-22)16-17-30-29(33)26-19-23-12-8-9-13-24(23)20-28(26)32/h8-9,12-15,18-20,22,31-32H,1-7,10-11,16-17H2,(H,30,33). The fourth-order valence-corrected chi connectivity index (χ4v) is 5.03. The first-order valence-electron chi connectivity index (χ1n) is 12.4. The zero-order valence-electron chi connectivity index (χ0n) is 19.4. The van der Waals surface area contributed by atoms with E-state index in [0.29, 0.717) is 30.2 Å². The smallest absolute Gasteiger partial charge is 0.255 e. The zero-order chi connectivity index (χ0) is 23.0. The number of aromatic hydroxyl groups is 2. The lowest BCUT2D eigenvalue weighted by Crippen LogP contribution is -2.25. The van der Waals surface area contributed by atoms with Gasteiger partial charge in [-0.15, -0.1) is 0 Å². The third-order valence-corrected chi connectivity index (χ3v) is 6.94. The lowest BCUT2D eigenvalue weighted by Gasteiger charge is -2.21. The Kier molecular flexibility index (Phi) is 7.87. The number of phenolic OH excluding ortho intramolecular Hbond substituents is 2. The third kappa shape index (κ3) is 6.07. The van der Waals surface area contributed by atoms with E-state index in [1.807, 2.05) is 30.3 Å². The molecule has 0 unspecified atom stereocenters. The van der Waals surface area contributed by atoms with Crippen LogP contribution in [-0.4, -0.2) is 22.7 Å². The van der Waals surface area contributed by atoms with Crippen molar-refractivity contribution in [1.29, 1.82) is 0 Å². The number of rotatable bonds is 5. The highest BCUT2D eigenvalue weighted by Gasteiger charge is 2.17. The molecule has 4 rings (SSSR count). The molecule has 33 heavy (non-hydrogen) atoms. The summed E-state index contributed by atoms with van der Waals surface area (Å²) in [5, 5.41) is 25.6. The number of hydrogen-bond donors (Lipinski definition) is 3. The van der Waals surface area contributed by atoms with E-state index in [9.17, 15) is 15.0 Å². The predicted molar refractivity (Wildman–Crippen MR) is 134 cm³/mol. The van der Waals surface area contributed by atoms with Gasteiger partial charge in [-0.2, -0.15) is 0 Å². The Morgan fingerprint density at radius 1 is 0.788 bits per heavy atom. The molecule has 4 nitrogen and oxygen atoms in total. The molecular formula is C29H35NO3. The molecule has 1 aliphatic rings. The molecular weight excluding hydrogens is 410 g/mol. The summed E-state index contributed by atoms with van der Waals surface area (Å²) in [6, 6.07) is 16.9. The van der Waals surface area contributed by atoms with Crippen molar-refractivity contribution < 1.29 is 15.0 Å². The van der Waals surface area contributed by atoms with Crippen LogP contribution in [0.2, 0.25) is 0 Å². The number of nitrogens with one attached hydrogen (secondary N) is 1. The zero-order valence-corrected chi connectivity index (χ0v) is 19.4. The highest BCUT2D eigenvalue weighted by molar-refractivity contribution is 6.01. The third-order valence-electron chi connectivity index (χ3n) is 6.94. The maximum absolute atomic E-state index is 12.7.